The summed E-state index contributed by atoms with van der Waals surface area (Å²) in [6.07, 6.45) is 0. The largest absolute Gasteiger partial charge is 0.454 e. The molecule has 0 saturated carbocycles. The fourth-order valence-corrected chi connectivity index (χ4v) is 1.79. The SMILES string of the molecule is O=C(CBr)c1ccc(Oc2ccc(F)cc2)c(F)c1. The van der Waals surface area contributed by atoms with Gasteiger partial charge in [-0.15, -0.1) is 0 Å². The molecule has 0 aromatic heterocycles. The lowest BCUT2D eigenvalue weighted by atomic mass is 10.1. The zero-order chi connectivity index (χ0) is 13.8. The molecule has 0 bridgehead atoms. The van der Waals surface area contributed by atoms with Crippen LogP contribution in [0.5, 0.6) is 11.5 Å². The highest BCUT2D eigenvalue weighted by molar-refractivity contribution is 9.09. The number of hydrogen-bond donors (Lipinski definition) is 0. The number of benzene rings is 2. The van der Waals surface area contributed by atoms with Gasteiger partial charge >= 0.3 is 0 Å². The second-order valence-corrected chi connectivity index (χ2v) is 4.32. The molecule has 2 aromatic carbocycles. The fourth-order valence-electron chi connectivity index (χ4n) is 1.46. The summed E-state index contributed by atoms with van der Waals surface area (Å²) in [5.41, 5.74) is 0.265. The number of carbonyl (C=O) groups excluding carboxylic acids is 1. The van der Waals surface area contributed by atoms with Crippen molar-refractivity contribution in [1.29, 1.82) is 0 Å². The van der Waals surface area contributed by atoms with Gasteiger partial charge in [0.05, 0.1) is 5.33 Å². The molecule has 0 spiro atoms. The Morgan fingerprint density at radius 3 is 2.37 bits per heavy atom. The molecule has 0 aliphatic rings. The average molecular weight is 327 g/mol. The lowest BCUT2D eigenvalue weighted by molar-refractivity contribution is 0.102. The van der Waals surface area contributed by atoms with E-state index in [4.69, 9.17) is 4.74 Å². The molecular weight excluding hydrogens is 318 g/mol. The van der Waals surface area contributed by atoms with E-state index in [1.54, 1.807) is 0 Å². The number of ketones is 1. The third-order valence-electron chi connectivity index (χ3n) is 2.42. The van der Waals surface area contributed by atoms with E-state index in [0.717, 1.165) is 6.07 Å². The first-order valence-electron chi connectivity index (χ1n) is 5.42. The van der Waals surface area contributed by atoms with Crippen LogP contribution < -0.4 is 4.74 Å². The lowest BCUT2D eigenvalue weighted by Crippen LogP contribution is -2.01. The number of alkyl halides is 1. The van der Waals surface area contributed by atoms with E-state index in [9.17, 15) is 13.6 Å². The van der Waals surface area contributed by atoms with E-state index in [1.165, 1.54) is 36.4 Å². The molecule has 0 atom stereocenters. The van der Waals surface area contributed by atoms with Crippen LogP contribution in [0, 0.1) is 11.6 Å². The molecule has 2 rings (SSSR count). The van der Waals surface area contributed by atoms with Crippen LogP contribution in [0.1, 0.15) is 10.4 Å². The monoisotopic (exact) mass is 326 g/mol. The van der Waals surface area contributed by atoms with E-state index in [-0.39, 0.29) is 22.4 Å². The second kappa shape index (κ2) is 5.93. The Labute approximate surface area is 117 Å². The maximum absolute atomic E-state index is 13.7. The van der Waals surface area contributed by atoms with Gasteiger partial charge < -0.3 is 4.74 Å². The predicted octanol–water partition coefficient (Wildman–Crippen LogP) is 4.33. The Balaban J connectivity index is 2.22. The van der Waals surface area contributed by atoms with E-state index in [2.05, 4.69) is 15.9 Å². The molecule has 2 aromatic rings. The van der Waals surface area contributed by atoms with Crippen LogP contribution in [0.25, 0.3) is 0 Å². The first-order valence-corrected chi connectivity index (χ1v) is 6.54. The predicted molar refractivity (Wildman–Crippen MR) is 71.0 cm³/mol. The van der Waals surface area contributed by atoms with Gasteiger partial charge in [0, 0.05) is 5.56 Å². The summed E-state index contributed by atoms with van der Waals surface area (Å²) in [4.78, 5) is 11.4. The molecular formula is C14H9BrF2O2. The fraction of sp³-hybridized carbons (Fsp3) is 0.0714. The Hall–Kier alpha value is -1.75. The highest BCUT2D eigenvalue weighted by Gasteiger charge is 2.10. The summed E-state index contributed by atoms with van der Waals surface area (Å²) in [6, 6.07) is 9.19. The first-order chi connectivity index (χ1) is 9.10. The number of Topliss-reactive ketones (excluding diaryl/α,β-unsaturated/α-hetero) is 1. The van der Waals surface area contributed by atoms with Gasteiger partial charge in [-0.05, 0) is 42.5 Å². The third-order valence-corrected chi connectivity index (χ3v) is 2.93. The zero-order valence-corrected chi connectivity index (χ0v) is 11.3. The maximum atomic E-state index is 13.7. The second-order valence-electron chi connectivity index (χ2n) is 3.76. The van der Waals surface area contributed by atoms with Gasteiger partial charge in [0.1, 0.15) is 11.6 Å². The van der Waals surface area contributed by atoms with Crippen LogP contribution in [0.2, 0.25) is 0 Å². The Bertz CT molecular complexity index is 597. The summed E-state index contributed by atoms with van der Waals surface area (Å²) < 4.78 is 31.7. The van der Waals surface area contributed by atoms with Gasteiger partial charge in [-0.1, -0.05) is 15.9 Å². The highest BCUT2D eigenvalue weighted by atomic mass is 79.9. The van der Waals surface area contributed by atoms with Crippen molar-refractivity contribution in [2.75, 3.05) is 5.33 Å². The minimum absolute atomic E-state index is 0.0160. The van der Waals surface area contributed by atoms with Crippen molar-refractivity contribution in [2.24, 2.45) is 0 Å². The number of ether oxygens (including phenoxy) is 1. The molecule has 0 fully saturated rings. The molecule has 5 heteroatoms. The van der Waals surface area contributed by atoms with Gasteiger partial charge in [-0.25, -0.2) is 8.78 Å². The summed E-state index contributed by atoms with van der Waals surface area (Å²) in [6.45, 7) is 0. The van der Waals surface area contributed by atoms with Crippen LogP contribution in [-0.2, 0) is 0 Å². The van der Waals surface area contributed by atoms with Crippen molar-refractivity contribution in [1.82, 2.24) is 0 Å². The number of carbonyl (C=O) groups is 1. The highest BCUT2D eigenvalue weighted by Crippen LogP contribution is 2.25. The molecule has 2 nitrogen and oxygen atoms in total. The topological polar surface area (TPSA) is 26.3 Å². The Kier molecular flexibility index (Phi) is 4.27. The van der Waals surface area contributed by atoms with Crippen LogP contribution in [0.4, 0.5) is 8.78 Å². The van der Waals surface area contributed by atoms with Crippen LogP contribution in [0.15, 0.2) is 42.5 Å². The minimum atomic E-state index is -0.642. The Morgan fingerprint density at radius 1 is 1.11 bits per heavy atom. The van der Waals surface area contributed by atoms with Gasteiger partial charge in [-0.2, -0.15) is 0 Å². The number of halogens is 3. The molecule has 0 radical (unpaired) electrons. The van der Waals surface area contributed by atoms with E-state index >= 15 is 0 Å². The van der Waals surface area contributed by atoms with Gasteiger partial charge in [0.25, 0.3) is 0 Å². The quantitative estimate of drug-likeness (QED) is 0.617. The van der Waals surface area contributed by atoms with Crippen molar-refractivity contribution >= 4 is 21.7 Å². The lowest BCUT2D eigenvalue weighted by Gasteiger charge is -2.07. The molecule has 0 aliphatic carbocycles. The summed E-state index contributed by atoms with van der Waals surface area (Å²) in [5.74, 6) is -0.952. The first kappa shape index (κ1) is 13.7. The zero-order valence-electron chi connectivity index (χ0n) is 9.70. The molecule has 0 amide bonds. The number of rotatable bonds is 4. The van der Waals surface area contributed by atoms with Crippen molar-refractivity contribution in [3.63, 3.8) is 0 Å². The molecule has 0 unspecified atom stereocenters. The van der Waals surface area contributed by atoms with E-state index < -0.39 is 11.6 Å². The molecule has 19 heavy (non-hydrogen) atoms. The van der Waals surface area contributed by atoms with Gasteiger partial charge in [0.2, 0.25) is 0 Å². The molecule has 0 saturated heterocycles. The number of hydrogen-bond acceptors (Lipinski definition) is 2. The maximum Gasteiger partial charge on any atom is 0.173 e. The van der Waals surface area contributed by atoms with Crippen molar-refractivity contribution in [3.8, 4) is 11.5 Å². The van der Waals surface area contributed by atoms with E-state index in [0.29, 0.717) is 5.75 Å². The summed E-state index contributed by atoms with van der Waals surface area (Å²) in [7, 11) is 0. The molecule has 0 heterocycles. The van der Waals surface area contributed by atoms with Crippen LogP contribution in [0.3, 0.4) is 0 Å². The average Bonchev–Trinajstić information content (AvgIpc) is 2.42. The third kappa shape index (κ3) is 3.38. The van der Waals surface area contributed by atoms with Crippen LogP contribution >= 0.6 is 15.9 Å². The summed E-state index contributed by atoms with van der Waals surface area (Å²) in [5, 5.41) is 0.130. The van der Waals surface area contributed by atoms with Gasteiger partial charge in [-0.3, -0.25) is 4.79 Å². The van der Waals surface area contributed by atoms with E-state index in [1.807, 2.05) is 0 Å². The van der Waals surface area contributed by atoms with Crippen molar-refractivity contribution in [3.05, 3.63) is 59.7 Å². The Morgan fingerprint density at radius 2 is 1.79 bits per heavy atom. The normalized spacial score (nSPS) is 10.3. The van der Waals surface area contributed by atoms with Crippen LogP contribution in [-0.4, -0.2) is 11.1 Å². The molecule has 0 aliphatic heterocycles. The van der Waals surface area contributed by atoms with Gasteiger partial charge in [0.15, 0.2) is 17.3 Å². The molecule has 98 valence electrons. The standard InChI is InChI=1S/C14H9BrF2O2/c15-8-13(18)9-1-6-14(12(17)7-9)19-11-4-2-10(16)3-5-11/h1-7H,8H2. The smallest absolute Gasteiger partial charge is 0.173 e. The van der Waals surface area contributed by atoms with Crippen molar-refractivity contribution < 1.29 is 18.3 Å². The minimum Gasteiger partial charge on any atom is -0.454 e. The summed E-state index contributed by atoms with van der Waals surface area (Å²) >= 11 is 3.02. The molecule has 0 N–H and O–H groups in total. The van der Waals surface area contributed by atoms with Crippen molar-refractivity contribution in [2.45, 2.75) is 0 Å².